The summed E-state index contributed by atoms with van der Waals surface area (Å²) in [7, 11) is 1.68. The number of hydrogen-bond acceptors (Lipinski definition) is 5. The Hall–Kier alpha value is -4.13. The van der Waals surface area contributed by atoms with Gasteiger partial charge in [0.15, 0.2) is 11.5 Å². The Kier molecular flexibility index (Phi) is 6.58. The fraction of sp³-hybridized carbons (Fsp3) is 0.323. The topological polar surface area (TPSA) is 67.0 Å². The molecule has 1 aromatic heterocycles. The second kappa shape index (κ2) is 10.3. The SMILES string of the molecule is CCc1cccc2c([C@H](CC(=O)N3CCN(c4ccc(OC)cc4)CC3)c3ccc4c(c3)OCO4)c[nH]c12. The number of ether oxygens (including phenoxy) is 3. The molecule has 196 valence electrons. The zero-order valence-corrected chi connectivity index (χ0v) is 21.9. The minimum Gasteiger partial charge on any atom is -0.497 e. The van der Waals surface area contributed by atoms with Gasteiger partial charge >= 0.3 is 0 Å². The van der Waals surface area contributed by atoms with Gasteiger partial charge < -0.3 is 29.0 Å². The molecule has 7 nitrogen and oxygen atoms in total. The van der Waals surface area contributed by atoms with Crippen LogP contribution in [0.4, 0.5) is 5.69 Å². The zero-order chi connectivity index (χ0) is 26.1. The van der Waals surface area contributed by atoms with Gasteiger partial charge in [-0.15, -0.1) is 0 Å². The highest BCUT2D eigenvalue weighted by Crippen LogP contribution is 2.40. The van der Waals surface area contributed by atoms with Crippen LogP contribution in [0.2, 0.25) is 0 Å². The molecule has 7 heteroatoms. The van der Waals surface area contributed by atoms with E-state index in [-0.39, 0.29) is 18.6 Å². The summed E-state index contributed by atoms with van der Waals surface area (Å²) in [5.74, 6) is 2.41. The summed E-state index contributed by atoms with van der Waals surface area (Å²) in [6.07, 6.45) is 3.42. The number of piperazine rings is 1. The first-order chi connectivity index (χ1) is 18.6. The maximum atomic E-state index is 13.7. The van der Waals surface area contributed by atoms with E-state index in [1.165, 1.54) is 10.9 Å². The van der Waals surface area contributed by atoms with Crippen molar-refractivity contribution in [2.75, 3.05) is 45.0 Å². The van der Waals surface area contributed by atoms with E-state index >= 15 is 0 Å². The van der Waals surface area contributed by atoms with Gasteiger partial charge in [0.05, 0.1) is 7.11 Å². The molecule has 1 atom stereocenters. The van der Waals surface area contributed by atoms with Crippen LogP contribution in [0, 0.1) is 0 Å². The van der Waals surface area contributed by atoms with Crippen molar-refractivity contribution in [3.63, 3.8) is 0 Å². The quantitative estimate of drug-likeness (QED) is 0.363. The van der Waals surface area contributed by atoms with Crippen molar-refractivity contribution in [2.24, 2.45) is 0 Å². The van der Waals surface area contributed by atoms with Crippen LogP contribution in [0.15, 0.2) is 66.9 Å². The third kappa shape index (κ3) is 4.53. The molecule has 1 fully saturated rings. The van der Waals surface area contributed by atoms with Crippen LogP contribution < -0.4 is 19.1 Å². The number of fused-ring (bicyclic) bond motifs is 2. The molecule has 2 aliphatic heterocycles. The number of aromatic nitrogens is 1. The number of anilines is 1. The fourth-order valence-corrected chi connectivity index (χ4v) is 5.67. The Bertz CT molecular complexity index is 1440. The summed E-state index contributed by atoms with van der Waals surface area (Å²) in [6.45, 7) is 5.41. The molecule has 0 spiro atoms. The number of para-hydroxylation sites is 1. The normalized spacial score (nSPS) is 15.6. The predicted octanol–water partition coefficient (Wildman–Crippen LogP) is 5.34. The third-order valence-electron chi connectivity index (χ3n) is 7.84. The zero-order valence-electron chi connectivity index (χ0n) is 21.9. The number of benzene rings is 3. The van der Waals surface area contributed by atoms with E-state index in [1.807, 2.05) is 29.2 Å². The molecule has 2 aliphatic rings. The Balaban J connectivity index is 1.24. The molecule has 38 heavy (non-hydrogen) atoms. The molecule has 4 aromatic rings. The van der Waals surface area contributed by atoms with E-state index in [2.05, 4.69) is 59.4 Å². The number of methoxy groups -OCH3 is 1. The minimum atomic E-state index is -0.0996. The van der Waals surface area contributed by atoms with Gasteiger partial charge in [-0.2, -0.15) is 0 Å². The lowest BCUT2D eigenvalue weighted by Gasteiger charge is -2.36. The maximum Gasteiger partial charge on any atom is 0.231 e. The summed E-state index contributed by atoms with van der Waals surface area (Å²) in [5, 5.41) is 1.17. The standard InChI is InChI=1S/C31H33N3O4/c1-3-21-5-4-6-25-27(19-32-31(21)25)26(22-7-12-28-29(17-22)38-20-37-28)18-30(35)34-15-13-33(14-16-34)23-8-10-24(36-2)11-9-23/h4-12,17,19,26,32H,3,13-16,18,20H2,1-2H3/t26-/m1/s1. The molecule has 1 N–H and O–H groups in total. The Morgan fingerprint density at radius 1 is 1.00 bits per heavy atom. The van der Waals surface area contributed by atoms with Gasteiger partial charge in [-0.1, -0.05) is 31.2 Å². The van der Waals surface area contributed by atoms with Crippen LogP contribution in [-0.4, -0.2) is 55.9 Å². The largest absolute Gasteiger partial charge is 0.497 e. The van der Waals surface area contributed by atoms with E-state index < -0.39 is 0 Å². The van der Waals surface area contributed by atoms with Crippen LogP contribution in [0.25, 0.3) is 10.9 Å². The van der Waals surface area contributed by atoms with Crippen LogP contribution in [0.3, 0.4) is 0 Å². The Morgan fingerprint density at radius 2 is 1.79 bits per heavy atom. The van der Waals surface area contributed by atoms with Gasteiger partial charge in [0, 0.05) is 61.3 Å². The average molecular weight is 512 g/mol. The summed E-state index contributed by atoms with van der Waals surface area (Å²) in [6, 6.07) is 20.6. The second-order valence-corrected chi connectivity index (χ2v) is 9.87. The summed E-state index contributed by atoms with van der Waals surface area (Å²) < 4.78 is 16.5. The molecular formula is C31H33N3O4. The number of nitrogens with zero attached hydrogens (tertiary/aromatic N) is 2. The van der Waals surface area contributed by atoms with Gasteiger partial charge in [-0.3, -0.25) is 4.79 Å². The third-order valence-corrected chi connectivity index (χ3v) is 7.84. The van der Waals surface area contributed by atoms with E-state index in [0.29, 0.717) is 19.5 Å². The molecule has 0 unspecified atom stereocenters. The molecule has 0 aliphatic carbocycles. The lowest BCUT2D eigenvalue weighted by Crippen LogP contribution is -2.49. The second-order valence-electron chi connectivity index (χ2n) is 9.87. The lowest BCUT2D eigenvalue weighted by molar-refractivity contribution is -0.131. The highest BCUT2D eigenvalue weighted by atomic mass is 16.7. The molecule has 0 saturated carbocycles. The van der Waals surface area contributed by atoms with Gasteiger partial charge in [0.1, 0.15) is 5.75 Å². The number of carbonyl (C=O) groups excluding carboxylic acids is 1. The molecule has 3 aromatic carbocycles. The average Bonchev–Trinajstić information content (AvgIpc) is 3.63. The van der Waals surface area contributed by atoms with Crippen molar-refractivity contribution in [2.45, 2.75) is 25.7 Å². The van der Waals surface area contributed by atoms with Crippen molar-refractivity contribution in [1.82, 2.24) is 9.88 Å². The smallest absolute Gasteiger partial charge is 0.231 e. The van der Waals surface area contributed by atoms with Gasteiger partial charge in [-0.25, -0.2) is 0 Å². The number of rotatable bonds is 7. The molecule has 6 rings (SSSR count). The monoisotopic (exact) mass is 511 g/mol. The number of aryl methyl sites for hydroxylation is 1. The molecule has 0 bridgehead atoms. The van der Waals surface area contributed by atoms with Gasteiger partial charge in [0.2, 0.25) is 12.7 Å². The van der Waals surface area contributed by atoms with Crippen molar-refractivity contribution in [3.8, 4) is 17.2 Å². The first-order valence-corrected chi connectivity index (χ1v) is 13.3. The number of H-pyrrole nitrogens is 1. The van der Waals surface area contributed by atoms with E-state index in [0.717, 1.165) is 59.1 Å². The van der Waals surface area contributed by atoms with Crippen molar-refractivity contribution in [1.29, 1.82) is 0 Å². The van der Waals surface area contributed by atoms with Crippen molar-refractivity contribution < 1.29 is 19.0 Å². The van der Waals surface area contributed by atoms with Crippen molar-refractivity contribution >= 4 is 22.5 Å². The molecular weight excluding hydrogens is 478 g/mol. The molecule has 0 radical (unpaired) electrons. The Morgan fingerprint density at radius 3 is 2.55 bits per heavy atom. The number of hydrogen-bond donors (Lipinski definition) is 1. The molecule has 1 amide bonds. The number of aromatic amines is 1. The first kappa shape index (κ1) is 24.2. The van der Waals surface area contributed by atoms with E-state index in [4.69, 9.17) is 14.2 Å². The lowest BCUT2D eigenvalue weighted by atomic mass is 9.87. The van der Waals surface area contributed by atoms with Crippen LogP contribution in [0.5, 0.6) is 17.2 Å². The highest BCUT2D eigenvalue weighted by molar-refractivity contribution is 5.88. The summed E-state index contributed by atoms with van der Waals surface area (Å²) >= 11 is 0. The van der Waals surface area contributed by atoms with Gasteiger partial charge in [0.25, 0.3) is 0 Å². The first-order valence-electron chi connectivity index (χ1n) is 13.3. The number of amides is 1. The van der Waals surface area contributed by atoms with Crippen LogP contribution in [-0.2, 0) is 11.2 Å². The van der Waals surface area contributed by atoms with Crippen LogP contribution in [0.1, 0.15) is 36.0 Å². The Labute approximate surface area is 222 Å². The summed E-state index contributed by atoms with van der Waals surface area (Å²) in [5.41, 5.74) is 5.78. The fourth-order valence-electron chi connectivity index (χ4n) is 5.67. The van der Waals surface area contributed by atoms with E-state index in [9.17, 15) is 4.79 Å². The number of nitrogens with one attached hydrogen (secondary N) is 1. The van der Waals surface area contributed by atoms with Crippen molar-refractivity contribution in [3.05, 3.63) is 83.6 Å². The maximum absolute atomic E-state index is 13.7. The highest BCUT2D eigenvalue weighted by Gasteiger charge is 2.28. The summed E-state index contributed by atoms with van der Waals surface area (Å²) in [4.78, 5) is 21.6. The number of carbonyl (C=O) groups is 1. The minimum absolute atomic E-state index is 0.0996. The molecule has 3 heterocycles. The van der Waals surface area contributed by atoms with Gasteiger partial charge in [-0.05, 0) is 59.5 Å². The predicted molar refractivity (Wildman–Crippen MR) is 148 cm³/mol. The molecule has 1 saturated heterocycles. The van der Waals surface area contributed by atoms with Crippen LogP contribution >= 0.6 is 0 Å². The van der Waals surface area contributed by atoms with E-state index in [1.54, 1.807) is 7.11 Å².